The maximum Gasteiger partial charge on any atom is 0.180 e. The molecule has 0 heterocycles. The minimum atomic E-state index is -0.567. The number of aryl methyl sites for hydroxylation is 2. The lowest BCUT2D eigenvalue weighted by atomic mass is 9.87. The summed E-state index contributed by atoms with van der Waals surface area (Å²) in [5, 5.41) is 12.2. The molecule has 1 aromatic carbocycles. The molecule has 0 aromatic heterocycles. The van der Waals surface area contributed by atoms with Crippen molar-refractivity contribution in [3.63, 3.8) is 0 Å². The quantitative estimate of drug-likeness (QED) is 0.654. The maximum absolute atomic E-state index is 12.1. The molecule has 106 valence electrons. The van der Waals surface area contributed by atoms with Crippen molar-refractivity contribution in [2.45, 2.75) is 34.6 Å². The Labute approximate surface area is 128 Å². The number of benzene rings is 1. The van der Waals surface area contributed by atoms with Gasteiger partial charge in [-0.25, -0.2) is 0 Å². The molecule has 0 bridgehead atoms. The summed E-state index contributed by atoms with van der Waals surface area (Å²) in [5.41, 5.74) is 2.63. The standard InChI is InChI=1S/C16H19BrN2O/c1-10-6-11(2)14(13(17)7-10)19-9-12(8-18)15(20)16(3,4)5/h6-7,9,19H,1-5H3/b12-9+. The van der Waals surface area contributed by atoms with Crippen molar-refractivity contribution in [2.24, 2.45) is 5.41 Å². The van der Waals surface area contributed by atoms with Crippen molar-refractivity contribution in [2.75, 3.05) is 5.32 Å². The van der Waals surface area contributed by atoms with Gasteiger partial charge in [-0.05, 0) is 47.0 Å². The van der Waals surface area contributed by atoms with Gasteiger partial charge in [0, 0.05) is 16.1 Å². The third kappa shape index (κ3) is 3.94. The van der Waals surface area contributed by atoms with Crippen LogP contribution in [0.15, 0.2) is 28.4 Å². The molecule has 0 aliphatic carbocycles. The zero-order valence-electron chi connectivity index (χ0n) is 12.5. The first-order chi connectivity index (χ1) is 9.16. The molecule has 1 rings (SSSR count). The molecule has 0 spiro atoms. The van der Waals surface area contributed by atoms with E-state index in [1.54, 1.807) is 20.8 Å². The highest BCUT2D eigenvalue weighted by atomic mass is 79.9. The molecule has 0 saturated heterocycles. The summed E-state index contributed by atoms with van der Waals surface area (Å²) in [4.78, 5) is 12.1. The maximum atomic E-state index is 12.1. The predicted molar refractivity (Wildman–Crippen MR) is 85.4 cm³/mol. The second kappa shape index (κ2) is 6.23. The first kappa shape index (κ1) is 16.5. The average Bonchev–Trinajstić information content (AvgIpc) is 2.30. The van der Waals surface area contributed by atoms with E-state index in [0.29, 0.717) is 0 Å². The third-order valence-corrected chi connectivity index (χ3v) is 3.46. The highest BCUT2D eigenvalue weighted by Crippen LogP contribution is 2.28. The van der Waals surface area contributed by atoms with Crippen LogP contribution in [-0.4, -0.2) is 5.78 Å². The first-order valence-electron chi connectivity index (χ1n) is 6.35. The van der Waals surface area contributed by atoms with Crippen molar-refractivity contribution in [3.05, 3.63) is 39.5 Å². The SMILES string of the molecule is Cc1cc(C)c(N/C=C(\C#N)C(=O)C(C)(C)C)c(Br)c1. The minimum Gasteiger partial charge on any atom is -0.359 e. The van der Waals surface area contributed by atoms with E-state index in [2.05, 4.69) is 21.2 Å². The van der Waals surface area contributed by atoms with Crippen LogP contribution in [0.3, 0.4) is 0 Å². The lowest BCUT2D eigenvalue weighted by Gasteiger charge is -2.16. The van der Waals surface area contributed by atoms with E-state index < -0.39 is 5.41 Å². The fourth-order valence-corrected chi connectivity index (χ4v) is 2.58. The number of anilines is 1. The Balaban J connectivity index is 3.09. The summed E-state index contributed by atoms with van der Waals surface area (Å²) in [5.74, 6) is -0.173. The summed E-state index contributed by atoms with van der Waals surface area (Å²) in [6, 6.07) is 5.99. The molecule has 0 atom stereocenters. The second-order valence-electron chi connectivity index (χ2n) is 5.83. The summed E-state index contributed by atoms with van der Waals surface area (Å²) >= 11 is 3.49. The van der Waals surface area contributed by atoms with Gasteiger partial charge in [0.05, 0.1) is 5.69 Å². The van der Waals surface area contributed by atoms with Gasteiger partial charge in [-0.3, -0.25) is 4.79 Å². The Morgan fingerprint density at radius 3 is 2.40 bits per heavy atom. The molecule has 0 radical (unpaired) electrons. The van der Waals surface area contributed by atoms with E-state index in [0.717, 1.165) is 21.3 Å². The lowest BCUT2D eigenvalue weighted by molar-refractivity contribution is -0.122. The molecule has 1 aromatic rings. The number of rotatable bonds is 3. The fraction of sp³-hybridized carbons (Fsp3) is 0.375. The number of halogens is 1. The number of ketones is 1. The number of hydrogen-bond acceptors (Lipinski definition) is 3. The molecule has 1 N–H and O–H groups in total. The third-order valence-electron chi connectivity index (χ3n) is 2.84. The van der Waals surface area contributed by atoms with Gasteiger partial charge in [0.15, 0.2) is 5.78 Å². The van der Waals surface area contributed by atoms with E-state index in [1.165, 1.54) is 6.20 Å². The Bertz CT molecular complexity index is 581. The van der Waals surface area contributed by atoms with Crippen LogP contribution in [0, 0.1) is 30.6 Å². The number of nitriles is 1. The van der Waals surface area contributed by atoms with Crippen LogP contribution in [0.25, 0.3) is 0 Å². The van der Waals surface area contributed by atoms with Gasteiger partial charge in [0.25, 0.3) is 0 Å². The van der Waals surface area contributed by atoms with Crippen LogP contribution in [0.2, 0.25) is 0 Å². The van der Waals surface area contributed by atoms with Gasteiger partial charge in [-0.2, -0.15) is 5.26 Å². The Kier molecular flexibility index (Phi) is 5.13. The molecule has 0 aliphatic heterocycles. The number of carbonyl (C=O) groups is 1. The molecule has 20 heavy (non-hydrogen) atoms. The van der Waals surface area contributed by atoms with Gasteiger partial charge in [0.2, 0.25) is 0 Å². The summed E-state index contributed by atoms with van der Waals surface area (Å²) < 4.78 is 0.909. The molecule has 0 amide bonds. The average molecular weight is 335 g/mol. The van der Waals surface area contributed by atoms with Crippen LogP contribution in [0.5, 0.6) is 0 Å². The van der Waals surface area contributed by atoms with Crippen LogP contribution in [0.1, 0.15) is 31.9 Å². The van der Waals surface area contributed by atoms with E-state index in [4.69, 9.17) is 5.26 Å². The van der Waals surface area contributed by atoms with Crippen molar-refractivity contribution < 1.29 is 4.79 Å². The van der Waals surface area contributed by atoms with E-state index in [9.17, 15) is 4.79 Å². The molecular formula is C16H19BrN2O. The molecule has 3 nitrogen and oxygen atoms in total. The predicted octanol–water partition coefficient (Wildman–Crippen LogP) is 4.50. The number of hydrogen-bond donors (Lipinski definition) is 1. The molecule has 0 unspecified atom stereocenters. The second-order valence-corrected chi connectivity index (χ2v) is 6.69. The summed E-state index contributed by atoms with van der Waals surface area (Å²) in [7, 11) is 0. The van der Waals surface area contributed by atoms with E-state index in [-0.39, 0.29) is 11.4 Å². The van der Waals surface area contributed by atoms with Crippen molar-refractivity contribution in [3.8, 4) is 6.07 Å². The number of allylic oxidation sites excluding steroid dienone is 1. The minimum absolute atomic E-state index is 0.129. The molecule has 0 aliphatic rings. The number of nitrogens with zero attached hydrogens (tertiary/aromatic N) is 1. The van der Waals surface area contributed by atoms with Gasteiger partial charge >= 0.3 is 0 Å². The molecular weight excluding hydrogens is 316 g/mol. The Hall–Kier alpha value is -1.60. The number of nitrogens with one attached hydrogen (secondary N) is 1. The highest BCUT2D eigenvalue weighted by Gasteiger charge is 2.25. The molecule has 0 fully saturated rings. The van der Waals surface area contributed by atoms with Crippen LogP contribution in [-0.2, 0) is 4.79 Å². The lowest BCUT2D eigenvalue weighted by Crippen LogP contribution is -2.22. The normalized spacial score (nSPS) is 11.9. The summed E-state index contributed by atoms with van der Waals surface area (Å²) in [6.07, 6.45) is 1.48. The smallest absolute Gasteiger partial charge is 0.180 e. The van der Waals surface area contributed by atoms with Crippen molar-refractivity contribution >= 4 is 27.4 Å². The van der Waals surface area contributed by atoms with Crippen LogP contribution >= 0.6 is 15.9 Å². The van der Waals surface area contributed by atoms with E-state index in [1.807, 2.05) is 32.0 Å². The summed E-state index contributed by atoms with van der Waals surface area (Å²) in [6.45, 7) is 9.39. The van der Waals surface area contributed by atoms with Crippen molar-refractivity contribution in [1.29, 1.82) is 5.26 Å². The van der Waals surface area contributed by atoms with Gasteiger partial charge in [0.1, 0.15) is 11.6 Å². The van der Waals surface area contributed by atoms with Gasteiger partial charge < -0.3 is 5.32 Å². The first-order valence-corrected chi connectivity index (χ1v) is 7.14. The Morgan fingerprint density at radius 1 is 1.35 bits per heavy atom. The highest BCUT2D eigenvalue weighted by molar-refractivity contribution is 9.10. The molecule has 4 heteroatoms. The van der Waals surface area contributed by atoms with E-state index >= 15 is 0 Å². The topological polar surface area (TPSA) is 52.9 Å². The fourth-order valence-electron chi connectivity index (χ4n) is 1.80. The van der Waals surface area contributed by atoms with Crippen LogP contribution < -0.4 is 5.32 Å². The largest absolute Gasteiger partial charge is 0.359 e. The molecule has 0 saturated carbocycles. The zero-order valence-corrected chi connectivity index (χ0v) is 14.1. The number of carbonyl (C=O) groups excluding carboxylic acids is 1. The van der Waals surface area contributed by atoms with Gasteiger partial charge in [-0.1, -0.05) is 26.8 Å². The Morgan fingerprint density at radius 2 is 1.95 bits per heavy atom. The monoisotopic (exact) mass is 334 g/mol. The van der Waals surface area contributed by atoms with Crippen molar-refractivity contribution in [1.82, 2.24) is 0 Å². The van der Waals surface area contributed by atoms with Gasteiger partial charge in [-0.15, -0.1) is 0 Å². The zero-order chi connectivity index (χ0) is 15.5. The number of Topliss-reactive ketones (excluding diaryl/α,β-unsaturated/α-hetero) is 1. The van der Waals surface area contributed by atoms with Crippen LogP contribution in [0.4, 0.5) is 5.69 Å².